The summed E-state index contributed by atoms with van der Waals surface area (Å²) in [7, 11) is 0. The van der Waals surface area contributed by atoms with Crippen LogP contribution in [0, 0.1) is 0 Å². The molecule has 0 spiro atoms. The van der Waals surface area contributed by atoms with Gasteiger partial charge in [0.1, 0.15) is 4.75 Å². The maximum atomic E-state index is 13.1. The number of benzene rings is 1. The van der Waals surface area contributed by atoms with E-state index >= 15 is 0 Å². The van der Waals surface area contributed by atoms with Gasteiger partial charge < -0.3 is 5.32 Å². The van der Waals surface area contributed by atoms with E-state index in [2.05, 4.69) is 26.2 Å². The van der Waals surface area contributed by atoms with Crippen LogP contribution in [0.3, 0.4) is 0 Å². The van der Waals surface area contributed by atoms with Crippen LogP contribution in [0.15, 0.2) is 33.7 Å². The van der Waals surface area contributed by atoms with Gasteiger partial charge in [-0.3, -0.25) is 4.99 Å². The minimum atomic E-state index is -4.29. The van der Waals surface area contributed by atoms with Gasteiger partial charge in [0.05, 0.1) is 12.1 Å². The van der Waals surface area contributed by atoms with Gasteiger partial charge in [0, 0.05) is 4.47 Å². The molecule has 3 atom stereocenters. The molecule has 2 nitrogen and oxygen atoms in total. The first-order chi connectivity index (χ1) is 9.63. The molecule has 1 N–H and O–H groups in total. The van der Waals surface area contributed by atoms with Crippen LogP contribution < -0.4 is 5.32 Å². The Balaban J connectivity index is 2.08. The van der Waals surface area contributed by atoms with E-state index in [1.54, 1.807) is 0 Å². The topological polar surface area (TPSA) is 24.4 Å². The third kappa shape index (κ3) is 3.39. The summed E-state index contributed by atoms with van der Waals surface area (Å²) >= 11 is 4.11. The fourth-order valence-electron chi connectivity index (χ4n) is 1.99. The summed E-state index contributed by atoms with van der Waals surface area (Å²) in [5, 5.41) is 3.42. The highest BCUT2D eigenvalue weighted by atomic mass is 79.9. The minimum Gasteiger partial charge on any atom is -0.358 e. The van der Waals surface area contributed by atoms with E-state index < -0.39 is 17.0 Å². The van der Waals surface area contributed by atoms with Crippen molar-refractivity contribution in [3.05, 3.63) is 34.3 Å². The lowest BCUT2D eigenvalue weighted by atomic mass is 10.0. The molecule has 0 saturated heterocycles. The molecule has 116 valence electrons. The number of aliphatic imine (C=N–C) groups is 1. The lowest BCUT2D eigenvalue weighted by Crippen LogP contribution is -2.45. The predicted octanol–water partition coefficient (Wildman–Crippen LogP) is 4.91. The Morgan fingerprint density at radius 1 is 1.33 bits per heavy atom. The van der Waals surface area contributed by atoms with E-state index in [0.29, 0.717) is 5.17 Å². The number of amidine groups is 1. The van der Waals surface area contributed by atoms with E-state index in [1.165, 1.54) is 13.8 Å². The second-order valence-electron chi connectivity index (χ2n) is 5.23. The molecular formula is C14H16BrF3N2S. The van der Waals surface area contributed by atoms with Gasteiger partial charge in [-0.05, 0) is 38.5 Å². The molecule has 0 radical (unpaired) electrons. The molecule has 0 bridgehead atoms. The van der Waals surface area contributed by atoms with Crippen LogP contribution in [0.5, 0.6) is 0 Å². The van der Waals surface area contributed by atoms with Gasteiger partial charge in [-0.1, -0.05) is 39.8 Å². The molecule has 7 heteroatoms. The normalized spacial score (nSPS) is 27.4. The molecule has 2 rings (SSSR count). The Morgan fingerprint density at radius 2 is 1.90 bits per heavy atom. The van der Waals surface area contributed by atoms with Crippen LogP contribution in [0.2, 0.25) is 0 Å². The molecule has 0 saturated carbocycles. The molecule has 0 amide bonds. The van der Waals surface area contributed by atoms with Crippen molar-refractivity contribution in [2.75, 3.05) is 0 Å². The Morgan fingerprint density at radius 3 is 2.38 bits per heavy atom. The number of nitrogens with zero attached hydrogens (tertiary/aromatic N) is 1. The van der Waals surface area contributed by atoms with E-state index in [4.69, 9.17) is 0 Å². The van der Waals surface area contributed by atoms with Crippen LogP contribution in [-0.2, 0) is 0 Å². The van der Waals surface area contributed by atoms with Gasteiger partial charge in [-0.2, -0.15) is 13.2 Å². The van der Waals surface area contributed by atoms with Crippen molar-refractivity contribution in [1.29, 1.82) is 0 Å². The predicted molar refractivity (Wildman–Crippen MR) is 84.6 cm³/mol. The number of hydrogen-bond donors (Lipinski definition) is 1. The van der Waals surface area contributed by atoms with Crippen molar-refractivity contribution in [1.82, 2.24) is 5.32 Å². The van der Waals surface area contributed by atoms with Gasteiger partial charge >= 0.3 is 6.18 Å². The molecule has 0 aliphatic carbocycles. The Bertz CT molecular complexity index is 544. The molecule has 1 aliphatic rings. The zero-order chi connectivity index (χ0) is 15.8. The van der Waals surface area contributed by atoms with Gasteiger partial charge in [-0.15, -0.1) is 0 Å². The monoisotopic (exact) mass is 380 g/mol. The van der Waals surface area contributed by atoms with Crippen LogP contribution in [-0.4, -0.2) is 22.1 Å². The summed E-state index contributed by atoms with van der Waals surface area (Å²) < 4.78 is 38.5. The van der Waals surface area contributed by atoms with E-state index in [-0.39, 0.29) is 6.04 Å². The number of nitrogens with one attached hydrogen (secondary N) is 1. The van der Waals surface area contributed by atoms with Gasteiger partial charge in [0.25, 0.3) is 0 Å². The van der Waals surface area contributed by atoms with Gasteiger partial charge in [-0.25, -0.2) is 0 Å². The van der Waals surface area contributed by atoms with Crippen molar-refractivity contribution in [3.8, 4) is 0 Å². The Kier molecular flexibility index (Phi) is 4.63. The van der Waals surface area contributed by atoms with Crippen molar-refractivity contribution >= 4 is 32.9 Å². The molecule has 1 aromatic carbocycles. The molecule has 0 fully saturated rings. The van der Waals surface area contributed by atoms with Crippen LogP contribution >= 0.6 is 27.7 Å². The van der Waals surface area contributed by atoms with Crippen molar-refractivity contribution in [2.45, 2.75) is 43.8 Å². The smallest absolute Gasteiger partial charge is 0.358 e. The SMILES string of the molecule is CC1N=C(N[C@@H](C)c2ccc(Br)cc2)SC1(C)C(F)(F)F. The highest BCUT2D eigenvalue weighted by molar-refractivity contribution is 9.10. The fraction of sp³-hybridized carbons (Fsp3) is 0.500. The maximum Gasteiger partial charge on any atom is 0.405 e. The van der Waals surface area contributed by atoms with Crippen LogP contribution in [0.4, 0.5) is 13.2 Å². The third-order valence-electron chi connectivity index (χ3n) is 3.69. The summed E-state index contributed by atoms with van der Waals surface area (Å²) in [6.07, 6.45) is -4.29. The van der Waals surface area contributed by atoms with Crippen molar-refractivity contribution in [2.24, 2.45) is 4.99 Å². The minimum absolute atomic E-state index is 0.105. The molecule has 1 aliphatic heterocycles. The van der Waals surface area contributed by atoms with Crippen LogP contribution in [0.1, 0.15) is 32.4 Å². The molecule has 1 aromatic rings. The fourth-order valence-corrected chi connectivity index (χ4v) is 3.44. The van der Waals surface area contributed by atoms with E-state index in [0.717, 1.165) is 21.8 Å². The van der Waals surface area contributed by atoms with Gasteiger partial charge in [0.15, 0.2) is 5.17 Å². The maximum absolute atomic E-state index is 13.1. The lowest BCUT2D eigenvalue weighted by Gasteiger charge is -2.29. The number of thioether (sulfide) groups is 1. The summed E-state index contributed by atoms with van der Waals surface area (Å²) in [6.45, 7) is 4.60. The quantitative estimate of drug-likeness (QED) is 0.787. The molecular weight excluding hydrogens is 365 g/mol. The Hall–Kier alpha value is -0.690. The average molecular weight is 381 g/mol. The zero-order valence-corrected chi connectivity index (χ0v) is 14.2. The number of halogens is 4. The highest BCUT2D eigenvalue weighted by Gasteiger charge is 2.59. The van der Waals surface area contributed by atoms with Gasteiger partial charge in [0.2, 0.25) is 0 Å². The molecule has 2 unspecified atom stereocenters. The molecule has 1 heterocycles. The van der Waals surface area contributed by atoms with Crippen molar-refractivity contribution in [3.63, 3.8) is 0 Å². The van der Waals surface area contributed by atoms with E-state index in [9.17, 15) is 13.2 Å². The first-order valence-electron chi connectivity index (χ1n) is 6.49. The number of rotatable bonds is 2. The highest BCUT2D eigenvalue weighted by Crippen LogP contribution is 2.48. The first-order valence-corrected chi connectivity index (χ1v) is 8.10. The summed E-state index contributed by atoms with van der Waals surface area (Å²) in [5.41, 5.74) is 0.995. The lowest BCUT2D eigenvalue weighted by molar-refractivity contribution is -0.157. The molecule has 0 aromatic heterocycles. The standard InChI is InChI=1S/C14H16BrF3N2S/c1-8(10-4-6-11(15)7-5-10)19-12-20-9(2)13(3,21-12)14(16,17)18/h4-9H,1-3H3,(H,19,20)/t8-,9?,13?/m0/s1. The second kappa shape index (κ2) is 5.83. The third-order valence-corrected chi connectivity index (χ3v) is 5.63. The first kappa shape index (κ1) is 16.7. The second-order valence-corrected chi connectivity index (χ2v) is 7.59. The number of hydrogen-bond acceptors (Lipinski definition) is 3. The summed E-state index contributed by atoms with van der Waals surface area (Å²) in [5.74, 6) is 0. The average Bonchev–Trinajstić information content (AvgIpc) is 2.66. The molecule has 21 heavy (non-hydrogen) atoms. The largest absolute Gasteiger partial charge is 0.405 e. The number of alkyl halides is 3. The van der Waals surface area contributed by atoms with Crippen LogP contribution in [0.25, 0.3) is 0 Å². The zero-order valence-electron chi connectivity index (χ0n) is 11.8. The summed E-state index contributed by atoms with van der Waals surface area (Å²) in [6, 6.07) is 6.75. The van der Waals surface area contributed by atoms with Crippen molar-refractivity contribution < 1.29 is 13.2 Å². The van der Waals surface area contributed by atoms with E-state index in [1.807, 2.05) is 31.2 Å². The summed E-state index contributed by atoms with van der Waals surface area (Å²) in [4.78, 5) is 4.13. The Labute approximate surface area is 134 Å².